The maximum absolute atomic E-state index is 5.72. The number of hydrogen-bond donors (Lipinski definition) is 2. The molecule has 5 heteroatoms. The monoisotopic (exact) mass is 481 g/mol. The Morgan fingerprint density at radius 1 is 0.963 bits per heavy atom. The van der Waals surface area contributed by atoms with Gasteiger partial charge in [0.25, 0.3) is 0 Å². The van der Waals surface area contributed by atoms with E-state index in [9.17, 15) is 0 Å². The minimum absolute atomic E-state index is 0. The van der Waals surface area contributed by atoms with E-state index in [1.54, 1.807) is 7.05 Å². The quantitative estimate of drug-likeness (QED) is 0.226. The van der Waals surface area contributed by atoms with Crippen LogP contribution < -0.4 is 10.6 Å². The van der Waals surface area contributed by atoms with Crippen molar-refractivity contribution in [2.45, 2.75) is 32.2 Å². The van der Waals surface area contributed by atoms with Gasteiger partial charge in [-0.15, -0.1) is 24.0 Å². The summed E-state index contributed by atoms with van der Waals surface area (Å²) in [6.45, 7) is 4.63. The van der Waals surface area contributed by atoms with Crippen LogP contribution in [0.25, 0.3) is 0 Å². The first-order valence-electron chi connectivity index (χ1n) is 9.43. The fourth-order valence-electron chi connectivity index (χ4n) is 2.70. The zero-order chi connectivity index (χ0) is 18.5. The molecule has 2 aromatic carbocycles. The van der Waals surface area contributed by atoms with Crippen LogP contribution in [0.3, 0.4) is 0 Å². The standard InChI is InChI=1S/C22H31N3O.HI/c1-19(21-13-7-4-8-14-21)25-22(23-2)24-16-9-10-17-26-18-15-20-11-5-3-6-12-20;/h3-8,11-14,19H,9-10,15-18H2,1-2H3,(H2,23,24,25);1H. The van der Waals surface area contributed by atoms with Gasteiger partial charge in [-0.3, -0.25) is 4.99 Å². The first-order chi connectivity index (χ1) is 12.8. The molecule has 0 heterocycles. The summed E-state index contributed by atoms with van der Waals surface area (Å²) in [5.74, 6) is 0.839. The highest BCUT2D eigenvalue weighted by Gasteiger charge is 2.06. The molecule has 1 atom stereocenters. The van der Waals surface area contributed by atoms with E-state index in [-0.39, 0.29) is 30.0 Å². The number of hydrogen-bond acceptors (Lipinski definition) is 2. The predicted octanol–water partition coefficient (Wildman–Crippen LogP) is 4.57. The Morgan fingerprint density at radius 3 is 2.30 bits per heavy atom. The maximum Gasteiger partial charge on any atom is 0.191 e. The van der Waals surface area contributed by atoms with Crippen LogP contribution in [0.5, 0.6) is 0 Å². The molecule has 0 saturated heterocycles. The lowest BCUT2D eigenvalue weighted by molar-refractivity contribution is 0.133. The Balaban J connectivity index is 0.00000364. The van der Waals surface area contributed by atoms with Crippen LogP contribution in [-0.2, 0) is 11.2 Å². The highest BCUT2D eigenvalue weighted by Crippen LogP contribution is 2.10. The number of unbranched alkanes of at least 4 members (excludes halogenated alkanes) is 1. The number of rotatable bonds is 10. The largest absolute Gasteiger partial charge is 0.381 e. The average molecular weight is 481 g/mol. The van der Waals surface area contributed by atoms with Crippen molar-refractivity contribution in [2.75, 3.05) is 26.8 Å². The Hall–Kier alpha value is -1.60. The first-order valence-corrected chi connectivity index (χ1v) is 9.43. The molecule has 4 nitrogen and oxygen atoms in total. The Kier molecular flexibility index (Phi) is 12.6. The summed E-state index contributed by atoms with van der Waals surface area (Å²) in [6, 6.07) is 21.1. The second kappa shape index (κ2) is 14.5. The van der Waals surface area contributed by atoms with Gasteiger partial charge in [-0.25, -0.2) is 0 Å². The summed E-state index contributed by atoms with van der Waals surface area (Å²) in [5.41, 5.74) is 2.58. The number of ether oxygens (including phenoxy) is 1. The molecule has 2 rings (SSSR count). The lowest BCUT2D eigenvalue weighted by Crippen LogP contribution is -2.39. The smallest absolute Gasteiger partial charge is 0.191 e. The number of benzene rings is 2. The Bertz CT molecular complexity index is 635. The first kappa shape index (κ1) is 23.4. The summed E-state index contributed by atoms with van der Waals surface area (Å²) in [5, 5.41) is 6.79. The van der Waals surface area contributed by atoms with E-state index in [0.717, 1.165) is 45.0 Å². The van der Waals surface area contributed by atoms with Crippen LogP contribution in [0.15, 0.2) is 65.7 Å². The van der Waals surface area contributed by atoms with Crippen molar-refractivity contribution in [2.24, 2.45) is 4.99 Å². The molecule has 2 N–H and O–H groups in total. The molecule has 27 heavy (non-hydrogen) atoms. The molecule has 2 aromatic rings. The molecule has 0 aliphatic heterocycles. The number of aliphatic imine (C=N–C) groups is 1. The molecule has 148 valence electrons. The van der Waals surface area contributed by atoms with Gasteiger partial charge in [-0.2, -0.15) is 0 Å². The fraction of sp³-hybridized carbons (Fsp3) is 0.409. The van der Waals surface area contributed by atoms with Crippen molar-refractivity contribution in [1.82, 2.24) is 10.6 Å². The molecule has 0 spiro atoms. The molecule has 1 unspecified atom stereocenters. The van der Waals surface area contributed by atoms with E-state index >= 15 is 0 Å². The van der Waals surface area contributed by atoms with Gasteiger partial charge in [0.05, 0.1) is 12.6 Å². The third kappa shape index (κ3) is 9.77. The number of halogens is 1. The van der Waals surface area contributed by atoms with Gasteiger partial charge in [0, 0.05) is 20.2 Å². The van der Waals surface area contributed by atoms with Crippen LogP contribution in [0.2, 0.25) is 0 Å². The zero-order valence-electron chi connectivity index (χ0n) is 16.4. The molecule has 0 aliphatic carbocycles. The topological polar surface area (TPSA) is 45.7 Å². The SMILES string of the molecule is CN=C(NCCCCOCCc1ccccc1)NC(C)c1ccccc1.I. The summed E-state index contributed by atoms with van der Waals surface area (Å²) in [6.07, 6.45) is 3.09. The minimum Gasteiger partial charge on any atom is -0.381 e. The minimum atomic E-state index is 0. The van der Waals surface area contributed by atoms with Gasteiger partial charge in [0.1, 0.15) is 0 Å². The van der Waals surface area contributed by atoms with Crippen molar-refractivity contribution >= 4 is 29.9 Å². The van der Waals surface area contributed by atoms with Gasteiger partial charge in [-0.05, 0) is 37.3 Å². The van der Waals surface area contributed by atoms with Gasteiger partial charge >= 0.3 is 0 Å². The van der Waals surface area contributed by atoms with Crippen molar-refractivity contribution in [3.05, 3.63) is 71.8 Å². The second-order valence-electron chi connectivity index (χ2n) is 6.33. The van der Waals surface area contributed by atoms with Crippen LogP contribution in [-0.4, -0.2) is 32.8 Å². The van der Waals surface area contributed by atoms with Gasteiger partial charge in [0.15, 0.2) is 5.96 Å². The highest BCUT2D eigenvalue weighted by molar-refractivity contribution is 14.0. The summed E-state index contributed by atoms with van der Waals surface area (Å²) >= 11 is 0. The van der Waals surface area contributed by atoms with Crippen molar-refractivity contribution < 1.29 is 4.74 Å². The predicted molar refractivity (Wildman–Crippen MR) is 125 cm³/mol. The molecule has 0 radical (unpaired) electrons. The van der Waals surface area contributed by atoms with Crippen LogP contribution in [0, 0.1) is 0 Å². The lowest BCUT2D eigenvalue weighted by Gasteiger charge is -2.18. The van der Waals surface area contributed by atoms with Gasteiger partial charge in [0.2, 0.25) is 0 Å². The number of nitrogens with one attached hydrogen (secondary N) is 2. The zero-order valence-corrected chi connectivity index (χ0v) is 18.7. The molecular formula is C22H32IN3O. The average Bonchev–Trinajstić information content (AvgIpc) is 2.70. The molecule has 0 amide bonds. The van der Waals surface area contributed by atoms with E-state index in [0.29, 0.717) is 0 Å². The molecule has 0 saturated carbocycles. The van der Waals surface area contributed by atoms with Crippen LogP contribution in [0.4, 0.5) is 0 Å². The van der Waals surface area contributed by atoms with Crippen molar-refractivity contribution in [3.63, 3.8) is 0 Å². The third-order valence-corrected chi connectivity index (χ3v) is 4.26. The van der Waals surface area contributed by atoms with Crippen LogP contribution >= 0.6 is 24.0 Å². The van der Waals surface area contributed by atoms with Crippen molar-refractivity contribution in [3.8, 4) is 0 Å². The van der Waals surface area contributed by atoms with E-state index in [4.69, 9.17) is 4.74 Å². The summed E-state index contributed by atoms with van der Waals surface area (Å²) in [7, 11) is 1.81. The molecule has 0 aliphatic rings. The Morgan fingerprint density at radius 2 is 1.63 bits per heavy atom. The third-order valence-electron chi connectivity index (χ3n) is 4.26. The van der Waals surface area contributed by atoms with Gasteiger partial charge in [-0.1, -0.05) is 60.7 Å². The van der Waals surface area contributed by atoms with E-state index in [1.165, 1.54) is 11.1 Å². The second-order valence-corrected chi connectivity index (χ2v) is 6.33. The van der Waals surface area contributed by atoms with E-state index < -0.39 is 0 Å². The summed E-state index contributed by atoms with van der Waals surface area (Å²) < 4.78 is 5.72. The molecular weight excluding hydrogens is 449 g/mol. The lowest BCUT2D eigenvalue weighted by atomic mass is 10.1. The maximum atomic E-state index is 5.72. The van der Waals surface area contributed by atoms with E-state index in [1.807, 2.05) is 12.1 Å². The highest BCUT2D eigenvalue weighted by atomic mass is 127. The van der Waals surface area contributed by atoms with E-state index in [2.05, 4.69) is 71.1 Å². The fourth-order valence-corrected chi connectivity index (χ4v) is 2.70. The Labute approximate surface area is 180 Å². The number of guanidine groups is 1. The van der Waals surface area contributed by atoms with Gasteiger partial charge < -0.3 is 15.4 Å². The molecule has 0 bridgehead atoms. The molecule has 0 aromatic heterocycles. The van der Waals surface area contributed by atoms with Crippen LogP contribution in [0.1, 0.15) is 36.9 Å². The summed E-state index contributed by atoms with van der Waals surface area (Å²) in [4.78, 5) is 4.30. The number of nitrogens with zero attached hydrogens (tertiary/aromatic N) is 1. The van der Waals surface area contributed by atoms with Crippen molar-refractivity contribution in [1.29, 1.82) is 0 Å². The normalized spacial score (nSPS) is 12.1. The molecule has 0 fully saturated rings.